The van der Waals surface area contributed by atoms with Crippen molar-refractivity contribution in [2.24, 2.45) is 5.92 Å². The van der Waals surface area contributed by atoms with Crippen LogP contribution in [0.2, 0.25) is 0 Å². The maximum atomic E-state index is 2.49. The summed E-state index contributed by atoms with van der Waals surface area (Å²) >= 11 is 0. The molecule has 1 aliphatic carbocycles. The number of para-hydroxylation sites is 2. The average Bonchev–Trinajstić information content (AvgIpc) is 3.88. The van der Waals surface area contributed by atoms with Gasteiger partial charge in [-0.15, -0.1) is 0 Å². The van der Waals surface area contributed by atoms with Gasteiger partial charge < -0.3 is 4.90 Å². The molecule has 0 radical (unpaired) electrons. The van der Waals surface area contributed by atoms with Crippen LogP contribution in [-0.2, 0) is 0 Å². The number of aromatic nitrogens is 2. The Hall–Kier alpha value is -7.88. The Morgan fingerprint density at radius 2 is 0.825 bits per heavy atom. The van der Waals surface area contributed by atoms with Crippen molar-refractivity contribution in [3.8, 4) is 44.8 Å². The van der Waals surface area contributed by atoms with Crippen molar-refractivity contribution in [3.05, 3.63) is 236 Å². The minimum atomic E-state index is 0.666. The molecule has 0 unspecified atom stereocenters. The molecule has 11 aromatic rings. The molecule has 2 atom stereocenters. The Bertz CT molecular complexity index is 3320. The van der Waals surface area contributed by atoms with Crippen LogP contribution in [0.1, 0.15) is 24.8 Å². The molecule has 1 saturated carbocycles. The molecular formula is C60H45N3. The fraction of sp³-hybridized carbons (Fsp3) is 0.0667. The van der Waals surface area contributed by atoms with Gasteiger partial charge in [0.05, 0.1) is 11.0 Å². The van der Waals surface area contributed by atoms with E-state index in [4.69, 9.17) is 0 Å². The smallest absolute Gasteiger partial charge is 0.131 e. The number of anilines is 3. The third-order valence-corrected chi connectivity index (χ3v) is 13.2. The molecule has 0 aliphatic heterocycles. The molecule has 9 aromatic carbocycles. The first-order chi connectivity index (χ1) is 31.2. The van der Waals surface area contributed by atoms with E-state index < -0.39 is 0 Å². The molecule has 12 rings (SSSR count). The quantitative estimate of drug-likeness (QED) is 0.142. The van der Waals surface area contributed by atoms with Gasteiger partial charge in [0.25, 0.3) is 0 Å². The molecule has 1 fully saturated rings. The van der Waals surface area contributed by atoms with Crippen molar-refractivity contribution < 1.29 is 0 Å². The monoisotopic (exact) mass is 807 g/mol. The zero-order valence-electron chi connectivity index (χ0n) is 35.1. The van der Waals surface area contributed by atoms with Gasteiger partial charge in [0.2, 0.25) is 0 Å². The Balaban J connectivity index is 1.04. The Morgan fingerprint density at radius 1 is 0.381 bits per heavy atom. The molecule has 300 valence electrons. The summed E-state index contributed by atoms with van der Waals surface area (Å²) in [4.78, 5) is 2.36. The molecule has 2 heterocycles. The summed E-state index contributed by atoms with van der Waals surface area (Å²) in [7, 11) is 0. The van der Waals surface area contributed by atoms with Crippen LogP contribution in [0.5, 0.6) is 0 Å². The van der Waals surface area contributed by atoms with Crippen LogP contribution >= 0.6 is 0 Å². The van der Waals surface area contributed by atoms with Crippen molar-refractivity contribution >= 4 is 49.9 Å². The fourth-order valence-corrected chi connectivity index (χ4v) is 9.83. The number of fused-ring (bicyclic) bond motifs is 5. The number of hydrogen-bond donors (Lipinski definition) is 0. The number of hydrogen-bond acceptors (Lipinski definition) is 1. The summed E-state index contributed by atoms with van der Waals surface area (Å²) in [5.74, 6) is 1.42. The molecule has 1 aliphatic rings. The fourth-order valence-electron chi connectivity index (χ4n) is 9.83. The van der Waals surface area contributed by atoms with Gasteiger partial charge in [0.1, 0.15) is 5.65 Å². The Morgan fingerprint density at radius 3 is 1.43 bits per heavy atom. The topological polar surface area (TPSA) is 13.1 Å². The normalized spacial score (nSPS) is 14.7. The summed E-state index contributed by atoms with van der Waals surface area (Å²) < 4.78 is 4.94. The highest BCUT2D eigenvalue weighted by Gasteiger charge is 2.34. The van der Waals surface area contributed by atoms with Crippen molar-refractivity contribution in [1.82, 2.24) is 9.13 Å². The van der Waals surface area contributed by atoms with Gasteiger partial charge in [-0.05, 0) is 130 Å². The van der Waals surface area contributed by atoms with E-state index in [9.17, 15) is 0 Å². The maximum absolute atomic E-state index is 2.49. The van der Waals surface area contributed by atoms with E-state index in [0.29, 0.717) is 5.92 Å². The van der Waals surface area contributed by atoms with Crippen LogP contribution in [0, 0.1) is 5.92 Å². The van der Waals surface area contributed by atoms with Gasteiger partial charge in [-0.3, -0.25) is 9.13 Å². The molecular weight excluding hydrogens is 763 g/mol. The maximum Gasteiger partial charge on any atom is 0.131 e. The van der Waals surface area contributed by atoms with Gasteiger partial charge in [-0.2, -0.15) is 0 Å². The number of benzene rings is 9. The molecule has 3 nitrogen and oxygen atoms in total. The molecule has 0 saturated heterocycles. The average molecular weight is 808 g/mol. The van der Waals surface area contributed by atoms with E-state index in [1.54, 1.807) is 0 Å². The van der Waals surface area contributed by atoms with Gasteiger partial charge in [-0.1, -0.05) is 165 Å². The van der Waals surface area contributed by atoms with Gasteiger partial charge in [-0.25, -0.2) is 0 Å². The highest BCUT2D eigenvalue weighted by Crippen LogP contribution is 2.48. The predicted molar refractivity (Wildman–Crippen MR) is 265 cm³/mol. The molecule has 0 amide bonds. The van der Waals surface area contributed by atoms with Crippen LogP contribution < -0.4 is 4.90 Å². The van der Waals surface area contributed by atoms with Crippen molar-refractivity contribution in [2.75, 3.05) is 4.90 Å². The molecule has 0 spiro atoms. The second-order valence-electron chi connectivity index (χ2n) is 17.1. The largest absolute Gasteiger partial charge is 0.311 e. The minimum absolute atomic E-state index is 0.666. The lowest BCUT2D eigenvalue weighted by Crippen LogP contribution is -2.10. The summed E-state index contributed by atoms with van der Waals surface area (Å²) in [5, 5.41) is 3.76. The zero-order valence-corrected chi connectivity index (χ0v) is 35.1. The second kappa shape index (κ2) is 15.2. The highest BCUT2D eigenvalue weighted by atomic mass is 15.2. The van der Waals surface area contributed by atoms with Crippen LogP contribution in [-0.4, -0.2) is 9.13 Å². The first-order valence-corrected chi connectivity index (χ1v) is 22.1. The van der Waals surface area contributed by atoms with Crippen molar-refractivity contribution in [2.45, 2.75) is 19.3 Å². The predicted octanol–water partition coefficient (Wildman–Crippen LogP) is 16.3. The molecule has 0 bridgehead atoms. The van der Waals surface area contributed by atoms with E-state index >= 15 is 0 Å². The Kier molecular flexibility index (Phi) is 8.93. The summed E-state index contributed by atoms with van der Waals surface area (Å²) in [6, 6.07) is 84.2. The van der Waals surface area contributed by atoms with E-state index in [1.165, 1.54) is 72.6 Å². The lowest BCUT2D eigenvalue weighted by atomic mass is 9.99. The van der Waals surface area contributed by atoms with Gasteiger partial charge in [0, 0.05) is 44.6 Å². The minimum Gasteiger partial charge on any atom is -0.311 e. The summed E-state index contributed by atoms with van der Waals surface area (Å²) in [5.41, 5.74) is 17.8. The first kappa shape index (κ1) is 36.9. The van der Waals surface area contributed by atoms with E-state index in [1.807, 2.05) is 0 Å². The standard InChI is InChI=1S/C60H45N3/c1-41-38-56(41)48-19-13-18-46(39-48)47-28-37-55-58(40-47)63(60-59(55)54-22-11-12-23-57(54)62(60)49-20-9-4-10-21-49)53-35-33-52(34-36-53)61(50-29-24-44(25-30-50)42-14-5-2-6-15-42)51-31-26-45(27-32-51)43-16-7-3-8-17-43/h2-37,39-41,56H,38H2,1H3/t41-,56+/m0/s1. The molecule has 2 aromatic heterocycles. The molecule has 63 heavy (non-hydrogen) atoms. The number of rotatable bonds is 9. The summed E-state index contributed by atoms with van der Waals surface area (Å²) in [6.07, 6.45) is 1.28. The Labute approximate surface area is 368 Å². The van der Waals surface area contributed by atoms with E-state index in [2.05, 4.69) is 251 Å². The molecule has 0 N–H and O–H groups in total. The van der Waals surface area contributed by atoms with E-state index in [-0.39, 0.29) is 0 Å². The first-order valence-electron chi connectivity index (χ1n) is 22.1. The van der Waals surface area contributed by atoms with Gasteiger partial charge >= 0.3 is 0 Å². The van der Waals surface area contributed by atoms with E-state index in [0.717, 1.165) is 40.0 Å². The SMILES string of the molecule is C[C@H]1C[C@H]1c1cccc(-c2ccc3c4c5ccccc5n(-c5ccccc5)c4n(-c4ccc(N(c5ccc(-c6ccccc6)cc5)c5ccc(-c6ccccc6)cc5)cc4)c3c2)c1. The lowest BCUT2D eigenvalue weighted by Gasteiger charge is -2.26. The van der Waals surface area contributed by atoms with Crippen LogP contribution in [0.3, 0.4) is 0 Å². The van der Waals surface area contributed by atoms with Crippen molar-refractivity contribution in [1.29, 1.82) is 0 Å². The molecule has 3 heteroatoms. The third-order valence-electron chi connectivity index (χ3n) is 13.2. The van der Waals surface area contributed by atoms with Gasteiger partial charge in [0.15, 0.2) is 0 Å². The number of nitrogens with zero attached hydrogens (tertiary/aromatic N) is 3. The van der Waals surface area contributed by atoms with Crippen LogP contribution in [0.25, 0.3) is 77.6 Å². The third kappa shape index (κ3) is 6.52. The van der Waals surface area contributed by atoms with Crippen LogP contribution in [0.4, 0.5) is 17.1 Å². The summed E-state index contributed by atoms with van der Waals surface area (Å²) in [6.45, 7) is 2.36. The zero-order chi connectivity index (χ0) is 41.9. The second-order valence-corrected chi connectivity index (χ2v) is 17.1. The van der Waals surface area contributed by atoms with Crippen molar-refractivity contribution in [3.63, 3.8) is 0 Å². The van der Waals surface area contributed by atoms with Crippen LogP contribution in [0.15, 0.2) is 231 Å². The lowest BCUT2D eigenvalue weighted by molar-refractivity contribution is 0.915. The highest BCUT2D eigenvalue weighted by molar-refractivity contribution is 6.22.